The van der Waals surface area contributed by atoms with Gasteiger partial charge in [-0.25, -0.2) is 15.0 Å². The third-order valence-corrected chi connectivity index (χ3v) is 4.19. The molecule has 6 heteroatoms. The van der Waals surface area contributed by atoms with E-state index in [1.807, 2.05) is 37.8 Å². The number of aryl methyl sites for hydroxylation is 1. The summed E-state index contributed by atoms with van der Waals surface area (Å²) >= 11 is 0. The van der Waals surface area contributed by atoms with Gasteiger partial charge in [-0.15, -0.1) is 0 Å². The Morgan fingerprint density at radius 3 is 2.91 bits per heavy atom. The summed E-state index contributed by atoms with van der Waals surface area (Å²) in [6, 6.07) is 6.40. The molecular weight excluding hydrogens is 288 g/mol. The van der Waals surface area contributed by atoms with Crippen LogP contribution in [-0.2, 0) is 0 Å². The Labute approximate surface area is 134 Å². The molecule has 0 N–H and O–H groups in total. The average molecular weight is 306 g/mol. The third kappa shape index (κ3) is 2.79. The van der Waals surface area contributed by atoms with Crippen LogP contribution in [-0.4, -0.2) is 37.6 Å². The first-order valence-corrected chi connectivity index (χ1v) is 7.78. The quantitative estimate of drug-likeness (QED) is 0.744. The van der Waals surface area contributed by atoms with E-state index in [1.54, 1.807) is 12.4 Å². The fourth-order valence-corrected chi connectivity index (χ4v) is 3.02. The molecule has 6 nitrogen and oxygen atoms in total. The first-order chi connectivity index (χ1) is 11.3. The summed E-state index contributed by atoms with van der Waals surface area (Å²) < 4.78 is 2.18. The van der Waals surface area contributed by atoms with Crippen LogP contribution in [0.15, 0.2) is 49.3 Å². The fraction of sp³-hybridized carbons (Fsp3) is 0.294. The molecule has 3 aromatic rings. The van der Waals surface area contributed by atoms with Gasteiger partial charge in [-0.3, -0.25) is 4.98 Å². The number of anilines is 1. The van der Waals surface area contributed by atoms with Gasteiger partial charge in [0.25, 0.3) is 0 Å². The fourth-order valence-electron chi connectivity index (χ4n) is 3.02. The summed E-state index contributed by atoms with van der Waals surface area (Å²) in [6.45, 7) is 3.94. The average Bonchev–Trinajstić information content (AvgIpc) is 3.26. The molecule has 0 amide bonds. The van der Waals surface area contributed by atoms with Gasteiger partial charge < -0.3 is 9.47 Å². The van der Waals surface area contributed by atoms with Gasteiger partial charge in [-0.2, -0.15) is 0 Å². The van der Waals surface area contributed by atoms with E-state index < -0.39 is 0 Å². The van der Waals surface area contributed by atoms with Gasteiger partial charge in [0.15, 0.2) is 5.82 Å². The maximum absolute atomic E-state index is 4.75. The Morgan fingerprint density at radius 2 is 2.13 bits per heavy atom. The summed E-state index contributed by atoms with van der Waals surface area (Å²) in [4.78, 5) is 19.9. The van der Waals surface area contributed by atoms with Gasteiger partial charge in [0.05, 0.1) is 12.4 Å². The molecule has 1 fully saturated rings. The van der Waals surface area contributed by atoms with Crippen LogP contribution < -0.4 is 4.90 Å². The maximum Gasteiger partial charge on any atom is 0.163 e. The van der Waals surface area contributed by atoms with Gasteiger partial charge in [0.2, 0.25) is 0 Å². The predicted octanol–water partition coefficient (Wildman–Crippen LogP) is 2.49. The lowest BCUT2D eigenvalue weighted by Gasteiger charge is -2.19. The van der Waals surface area contributed by atoms with Crippen molar-refractivity contribution in [1.29, 1.82) is 0 Å². The van der Waals surface area contributed by atoms with Gasteiger partial charge in [0.1, 0.15) is 5.82 Å². The minimum Gasteiger partial charge on any atom is -0.354 e. The highest BCUT2D eigenvalue weighted by atomic mass is 15.3. The van der Waals surface area contributed by atoms with Crippen LogP contribution >= 0.6 is 0 Å². The number of imidazole rings is 1. The van der Waals surface area contributed by atoms with Gasteiger partial charge in [0, 0.05) is 55.2 Å². The minimum absolute atomic E-state index is 0.453. The molecule has 1 aliphatic heterocycles. The van der Waals surface area contributed by atoms with Crippen molar-refractivity contribution in [2.45, 2.75) is 19.4 Å². The Kier molecular flexibility index (Phi) is 3.49. The number of hydrogen-bond acceptors (Lipinski definition) is 5. The molecule has 0 spiro atoms. The lowest BCUT2D eigenvalue weighted by Crippen LogP contribution is -2.22. The minimum atomic E-state index is 0.453. The van der Waals surface area contributed by atoms with E-state index in [-0.39, 0.29) is 0 Å². The molecule has 1 aliphatic rings. The predicted molar refractivity (Wildman–Crippen MR) is 88.1 cm³/mol. The maximum atomic E-state index is 4.75. The molecule has 0 saturated carbocycles. The Morgan fingerprint density at radius 1 is 1.17 bits per heavy atom. The van der Waals surface area contributed by atoms with E-state index in [1.165, 1.54) is 0 Å². The second kappa shape index (κ2) is 5.79. The molecule has 0 aliphatic carbocycles. The van der Waals surface area contributed by atoms with E-state index in [4.69, 9.17) is 4.98 Å². The zero-order valence-corrected chi connectivity index (χ0v) is 13.0. The number of nitrogens with zero attached hydrogens (tertiary/aromatic N) is 6. The number of rotatable bonds is 3. The summed E-state index contributed by atoms with van der Waals surface area (Å²) in [5, 5.41) is 0. The van der Waals surface area contributed by atoms with Crippen molar-refractivity contribution in [3.8, 4) is 11.4 Å². The van der Waals surface area contributed by atoms with Crippen molar-refractivity contribution in [3.05, 3.63) is 55.0 Å². The third-order valence-electron chi connectivity index (χ3n) is 4.19. The zero-order valence-electron chi connectivity index (χ0n) is 13.0. The molecule has 1 atom stereocenters. The smallest absolute Gasteiger partial charge is 0.163 e. The first kappa shape index (κ1) is 13.9. The van der Waals surface area contributed by atoms with E-state index in [0.29, 0.717) is 6.04 Å². The van der Waals surface area contributed by atoms with E-state index in [0.717, 1.165) is 42.4 Å². The van der Waals surface area contributed by atoms with E-state index in [9.17, 15) is 0 Å². The first-order valence-electron chi connectivity index (χ1n) is 7.78. The van der Waals surface area contributed by atoms with Crippen molar-refractivity contribution in [3.63, 3.8) is 0 Å². The van der Waals surface area contributed by atoms with E-state index >= 15 is 0 Å². The lowest BCUT2D eigenvalue weighted by molar-refractivity contribution is 0.551. The Hall–Kier alpha value is -2.76. The molecule has 0 radical (unpaired) electrons. The largest absolute Gasteiger partial charge is 0.354 e. The van der Waals surface area contributed by atoms with Crippen LogP contribution in [0.1, 0.15) is 18.2 Å². The number of aromatic nitrogens is 5. The van der Waals surface area contributed by atoms with Crippen molar-refractivity contribution in [1.82, 2.24) is 24.5 Å². The molecule has 4 rings (SSSR count). The number of hydrogen-bond donors (Lipinski definition) is 0. The highest BCUT2D eigenvalue weighted by Crippen LogP contribution is 2.27. The highest BCUT2D eigenvalue weighted by Gasteiger charge is 2.25. The van der Waals surface area contributed by atoms with Gasteiger partial charge in [-0.05, 0) is 25.5 Å². The van der Waals surface area contributed by atoms with Crippen LogP contribution in [0, 0.1) is 6.92 Å². The summed E-state index contributed by atoms with van der Waals surface area (Å²) in [5.41, 5.74) is 1.92. The van der Waals surface area contributed by atoms with Crippen LogP contribution in [0.2, 0.25) is 0 Å². The van der Waals surface area contributed by atoms with Crippen molar-refractivity contribution < 1.29 is 0 Å². The normalized spacial score (nSPS) is 17.6. The van der Waals surface area contributed by atoms with Gasteiger partial charge in [-0.1, -0.05) is 0 Å². The molecule has 23 heavy (non-hydrogen) atoms. The SMILES string of the molecule is Cc1cc(N2CC[C@@H](n3ccnc3)C2)nc(-c2cccnc2)n1. The number of pyridine rings is 1. The summed E-state index contributed by atoms with van der Waals surface area (Å²) in [7, 11) is 0. The molecule has 0 unspecified atom stereocenters. The topological polar surface area (TPSA) is 59.7 Å². The zero-order chi connectivity index (χ0) is 15.6. The molecule has 116 valence electrons. The molecule has 0 bridgehead atoms. The molecular formula is C17H18N6. The van der Waals surface area contributed by atoms with Crippen LogP contribution in [0.3, 0.4) is 0 Å². The monoisotopic (exact) mass is 306 g/mol. The summed E-state index contributed by atoms with van der Waals surface area (Å²) in [6.07, 6.45) is 10.4. The second-order valence-corrected chi connectivity index (χ2v) is 5.83. The van der Waals surface area contributed by atoms with E-state index in [2.05, 4.69) is 30.5 Å². The van der Waals surface area contributed by atoms with Crippen molar-refractivity contribution in [2.24, 2.45) is 0 Å². The van der Waals surface area contributed by atoms with Gasteiger partial charge >= 0.3 is 0 Å². The molecule has 1 saturated heterocycles. The summed E-state index contributed by atoms with van der Waals surface area (Å²) in [5.74, 6) is 1.72. The van der Waals surface area contributed by atoms with Crippen molar-refractivity contribution >= 4 is 5.82 Å². The Bertz CT molecular complexity index is 784. The van der Waals surface area contributed by atoms with Crippen LogP contribution in [0.4, 0.5) is 5.82 Å². The molecule has 4 heterocycles. The molecule has 0 aromatic carbocycles. The standard InChI is InChI=1S/C17H18N6/c1-13-9-16(21-17(20-13)14-3-2-5-18-10-14)22-7-4-15(11-22)23-8-6-19-12-23/h2-3,5-6,8-10,12,15H,4,7,11H2,1H3/t15-/m1/s1. The molecule has 3 aromatic heterocycles. The van der Waals surface area contributed by atoms with Crippen LogP contribution in [0.25, 0.3) is 11.4 Å². The second-order valence-electron chi connectivity index (χ2n) is 5.83. The highest BCUT2D eigenvalue weighted by molar-refractivity contribution is 5.57. The lowest BCUT2D eigenvalue weighted by atomic mass is 10.2. The van der Waals surface area contributed by atoms with Crippen molar-refractivity contribution in [2.75, 3.05) is 18.0 Å². The Balaban J connectivity index is 1.61. The van der Waals surface area contributed by atoms with Crippen LogP contribution in [0.5, 0.6) is 0 Å².